The Bertz CT molecular complexity index is 775. The predicted octanol–water partition coefficient (Wildman–Crippen LogP) is 4.17. The van der Waals surface area contributed by atoms with E-state index in [9.17, 15) is 4.79 Å². The van der Waals surface area contributed by atoms with Crippen molar-refractivity contribution in [3.8, 4) is 0 Å². The van der Waals surface area contributed by atoms with E-state index < -0.39 is 0 Å². The monoisotopic (exact) mass is 282 g/mol. The minimum atomic E-state index is -0.123. The number of para-hydroxylation sites is 1. The first-order valence-corrected chi connectivity index (χ1v) is 7.19. The molecule has 4 heteroatoms. The number of nitrogens with one attached hydrogen (secondary N) is 1. The molecule has 1 heterocycles. The molecular weight excluding hydrogens is 268 g/mol. The van der Waals surface area contributed by atoms with Crippen LogP contribution in [0.1, 0.15) is 21.5 Å². The minimum absolute atomic E-state index is 0.123. The Balaban J connectivity index is 1.87. The van der Waals surface area contributed by atoms with Gasteiger partial charge in [0, 0.05) is 5.56 Å². The van der Waals surface area contributed by atoms with Crippen molar-refractivity contribution in [3.05, 3.63) is 59.2 Å². The van der Waals surface area contributed by atoms with Crippen LogP contribution in [-0.4, -0.2) is 10.9 Å². The number of hydrogen-bond donors (Lipinski definition) is 1. The van der Waals surface area contributed by atoms with Crippen molar-refractivity contribution in [3.63, 3.8) is 0 Å². The highest BCUT2D eigenvalue weighted by molar-refractivity contribution is 7.22. The fourth-order valence-corrected chi connectivity index (χ4v) is 2.95. The molecule has 1 amide bonds. The van der Waals surface area contributed by atoms with Gasteiger partial charge in [-0.05, 0) is 37.6 Å². The Morgan fingerprint density at radius 1 is 1.10 bits per heavy atom. The number of hydrogen-bond acceptors (Lipinski definition) is 3. The second-order valence-electron chi connectivity index (χ2n) is 4.76. The number of anilines is 1. The molecule has 3 nitrogen and oxygen atoms in total. The number of aryl methyl sites for hydroxylation is 2. The van der Waals surface area contributed by atoms with Crippen LogP contribution in [0.2, 0.25) is 0 Å². The molecule has 20 heavy (non-hydrogen) atoms. The summed E-state index contributed by atoms with van der Waals surface area (Å²) in [6.45, 7) is 4.02. The molecule has 3 rings (SSSR count). The average molecular weight is 282 g/mol. The average Bonchev–Trinajstić information content (AvgIpc) is 2.83. The normalized spacial score (nSPS) is 10.7. The quantitative estimate of drug-likeness (QED) is 0.766. The summed E-state index contributed by atoms with van der Waals surface area (Å²) in [5.74, 6) is -0.123. The van der Waals surface area contributed by atoms with Gasteiger partial charge in [-0.2, -0.15) is 0 Å². The van der Waals surface area contributed by atoms with Crippen LogP contribution in [0.4, 0.5) is 5.13 Å². The lowest BCUT2D eigenvalue weighted by atomic mass is 10.1. The highest BCUT2D eigenvalue weighted by atomic mass is 32.1. The molecule has 0 fully saturated rings. The number of nitrogens with zero attached hydrogens (tertiary/aromatic N) is 1. The number of benzene rings is 2. The second-order valence-corrected chi connectivity index (χ2v) is 5.79. The van der Waals surface area contributed by atoms with E-state index in [0.29, 0.717) is 10.7 Å². The van der Waals surface area contributed by atoms with E-state index in [2.05, 4.69) is 10.3 Å². The van der Waals surface area contributed by atoms with Gasteiger partial charge >= 0.3 is 0 Å². The minimum Gasteiger partial charge on any atom is -0.298 e. The zero-order chi connectivity index (χ0) is 14.1. The molecular formula is C16H14N2OS. The van der Waals surface area contributed by atoms with Gasteiger partial charge in [-0.15, -0.1) is 0 Å². The third-order valence-corrected chi connectivity index (χ3v) is 4.09. The van der Waals surface area contributed by atoms with Crippen molar-refractivity contribution in [1.29, 1.82) is 0 Å². The van der Waals surface area contributed by atoms with Crippen molar-refractivity contribution in [2.45, 2.75) is 13.8 Å². The molecule has 100 valence electrons. The van der Waals surface area contributed by atoms with Crippen LogP contribution in [0.15, 0.2) is 42.5 Å². The van der Waals surface area contributed by atoms with Crippen LogP contribution in [0.5, 0.6) is 0 Å². The van der Waals surface area contributed by atoms with E-state index in [0.717, 1.165) is 21.3 Å². The third kappa shape index (κ3) is 2.42. The highest BCUT2D eigenvalue weighted by Crippen LogP contribution is 2.28. The molecule has 0 saturated carbocycles. The molecule has 1 aromatic heterocycles. The first-order chi connectivity index (χ1) is 9.63. The third-order valence-electron chi connectivity index (χ3n) is 3.15. The zero-order valence-corrected chi connectivity index (χ0v) is 12.1. The molecule has 0 aliphatic rings. The van der Waals surface area contributed by atoms with Crippen molar-refractivity contribution >= 4 is 32.6 Å². The first kappa shape index (κ1) is 12.8. The fraction of sp³-hybridized carbons (Fsp3) is 0.125. The summed E-state index contributed by atoms with van der Waals surface area (Å²) in [6.07, 6.45) is 0. The molecule has 2 aromatic carbocycles. The van der Waals surface area contributed by atoms with Crippen molar-refractivity contribution < 1.29 is 4.79 Å². The van der Waals surface area contributed by atoms with Crippen LogP contribution >= 0.6 is 11.3 Å². The molecule has 0 aliphatic carbocycles. The van der Waals surface area contributed by atoms with E-state index in [-0.39, 0.29) is 5.91 Å². The lowest BCUT2D eigenvalue weighted by Gasteiger charge is -2.01. The summed E-state index contributed by atoms with van der Waals surface area (Å²) in [4.78, 5) is 16.6. The van der Waals surface area contributed by atoms with Gasteiger partial charge in [-0.1, -0.05) is 41.2 Å². The van der Waals surface area contributed by atoms with Crippen LogP contribution in [-0.2, 0) is 0 Å². The van der Waals surface area contributed by atoms with Gasteiger partial charge in [0.05, 0.1) is 10.2 Å². The van der Waals surface area contributed by atoms with E-state index in [1.54, 1.807) is 0 Å². The van der Waals surface area contributed by atoms with Crippen LogP contribution < -0.4 is 5.32 Å². The molecule has 0 bridgehead atoms. The Morgan fingerprint density at radius 2 is 1.85 bits per heavy atom. The number of fused-ring (bicyclic) bond motifs is 1. The van der Waals surface area contributed by atoms with Gasteiger partial charge in [0.15, 0.2) is 5.13 Å². The lowest BCUT2D eigenvalue weighted by Crippen LogP contribution is -2.11. The standard InChI is InChI=1S/C16H14N2OS/c1-10-6-8-12(9-7-10)15(19)18-16-17-14-11(2)4-3-5-13(14)20-16/h3-9H,1-2H3,(H,17,18,19). The first-order valence-electron chi connectivity index (χ1n) is 6.37. The Labute approximate surface area is 121 Å². The SMILES string of the molecule is Cc1ccc(C(=O)Nc2nc3c(C)cccc3s2)cc1. The topological polar surface area (TPSA) is 42.0 Å². The molecule has 0 saturated heterocycles. The van der Waals surface area contributed by atoms with Gasteiger partial charge in [-0.3, -0.25) is 10.1 Å². The van der Waals surface area contributed by atoms with Gasteiger partial charge < -0.3 is 0 Å². The molecule has 0 radical (unpaired) electrons. The van der Waals surface area contributed by atoms with E-state index >= 15 is 0 Å². The summed E-state index contributed by atoms with van der Waals surface area (Å²) >= 11 is 1.49. The van der Waals surface area contributed by atoms with Crippen molar-refractivity contribution in [1.82, 2.24) is 4.98 Å². The fourth-order valence-electron chi connectivity index (χ4n) is 2.01. The number of thiazole rings is 1. The summed E-state index contributed by atoms with van der Waals surface area (Å²) in [6, 6.07) is 13.5. The van der Waals surface area contributed by atoms with Gasteiger partial charge in [-0.25, -0.2) is 4.98 Å². The van der Waals surface area contributed by atoms with E-state index in [4.69, 9.17) is 0 Å². The summed E-state index contributed by atoms with van der Waals surface area (Å²) in [5.41, 5.74) is 3.86. The predicted molar refractivity (Wildman–Crippen MR) is 83.5 cm³/mol. The maximum Gasteiger partial charge on any atom is 0.257 e. The van der Waals surface area contributed by atoms with Crippen LogP contribution in [0.3, 0.4) is 0 Å². The molecule has 0 atom stereocenters. The Kier molecular flexibility index (Phi) is 3.24. The molecule has 0 spiro atoms. The smallest absolute Gasteiger partial charge is 0.257 e. The van der Waals surface area contributed by atoms with E-state index in [1.807, 2.05) is 56.3 Å². The van der Waals surface area contributed by atoms with Crippen molar-refractivity contribution in [2.24, 2.45) is 0 Å². The summed E-state index contributed by atoms with van der Waals surface area (Å²) < 4.78 is 1.09. The molecule has 1 N–H and O–H groups in total. The number of carbonyl (C=O) groups is 1. The Hall–Kier alpha value is -2.20. The lowest BCUT2D eigenvalue weighted by molar-refractivity contribution is 0.102. The maximum absolute atomic E-state index is 12.1. The molecule has 0 unspecified atom stereocenters. The number of amides is 1. The molecule has 0 aliphatic heterocycles. The zero-order valence-electron chi connectivity index (χ0n) is 11.3. The Morgan fingerprint density at radius 3 is 2.55 bits per heavy atom. The van der Waals surface area contributed by atoms with Crippen LogP contribution in [0.25, 0.3) is 10.2 Å². The van der Waals surface area contributed by atoms with Gasteiger partial charge in [0.1, 0.15) is 0 Å². The summed E-state index contributed by atoms with van der Waals surface area (Å²) in [5, 5.41) is 3.50. The number of aromatic nitrogens is 1. The number of rotatable bonds is 2. The van der Waals surface area contributed by atoms with Crippen molar-refractivity contribution in [2.75, 3.05) is 5.32 Å². The summed E-state index contributed by atoms with van der Waals surface area (Å²) in [7, 11) is 0. The number of carbonyl (C=O) groups excluding carboxylic acids is 1. The van der Waals surface area contributed by atoms with Gasteiger partial charge in [0.2, 0.25) is 0 Å². The second kappa shape index (κ2) is 5.06. The van der Waals surface area contributed by atoms with Crippen LogP contribution in [0, 0.1) is 13.8 Å². The highest BCUT2D eigenvalue weighted by Gasteiger charge is 2.10. The molecule has 3 aromatic rings. The largest absolute Gasteiger partial charge is 0.298 e. The van der Waals surface area contributed by atoms with Gasteiger partial charge in [0.25, 0.3) is 5.91 Å². The maximum atomic E-state index is 12.1. The van der Waals surface area contributed by atoms with E-state index in [1.165, 1.54) is 11.3 Å².